The molecule has 9 nitrogen and oxygen atoms in total. The molecule has 0 radical (unpaired) electrons. The van der Waals surface area contributed by atoms with E-state index in [1.54, 1.807) is 6.92 Å². The predicted molar refractivity (Wildman–Crippen MR) is 105 cm³/mol. The van der Waals surface area contributed by atoms with Gasteiger partial charge in [-0.2, -0.15) is 0 Å². The van der Waals surface area contributed by atoms with Gasteiger partial charge in [0.2, 0.25) is 0 Å². The van der Waals surface area contributed by atoms with Gasteiger partial charge >= 0.3 is 5.69 Å². The number of hydrogen-bond donors (Lipinski definition) is 2. The van der Waals surface area contributed by atoms with Gasteiger partial charge in [-0.05, 0) is 37.3 Å². The van der Waals surface area contributed by atoms with Gasteiger partial charge in [-0.1, -0.05) is 0 Å². The summed E-state index contributed by atoms with van der Waals surface area (Å²) < 4.78 is 24.1. The smallest absolute Gasteiger partial charge is 0.310 e. The fourth-order valence-corrected chi connectivity index (χ4v) is 2.68. The number of nitrogens with one attached hydrogen (secondary N) is 2. The molecule has 2 aromatic carbocycles. The van der Waals surface area contributed by atoms with E-state index in [1.807, 2.05) is 0 Å². The Labute approximate surface area is 169 Å². The highest BCUT2D eigenvalue weighted by atomic mass is 19.1. The highest BCUT2D eigenvalue weighted by Gasteiger charge is 2.18. The van der Waals surface area contributed by atoms with Crippen molar-refractivity contribution in [3.8, 4) is 5.75 Å². The van der Waals surface area contributed by atoms with Crippen molar-refractivity contribution in [2.24, 2.45) is 0 Å². The molecule has 154 valence electrons. The normalized spacial score (nSPS) is 10.4. The maximum absolute atomic E-state index is 14.1. The lowest BCUT2D eigenvalue weighted by atomic mass is 10.1. The van der Waals surface area contributed by atoms with E-state index in [9.17, 15) is 24.1 Å². The molecule has 0 atom stereocenters. The van der Waals surface area contributed by atoms with Crippen LogP contribution in [0.1, 0.15) is 26.5 Å². The maximum Gasteiger partial charge on any atom is 0.310 e. The van der Waals surface area contributed by atoms with Crippen LogP contribution >= 0.6 is 0 Å². The van der Waals surface area contributed by atoms with Crippen LogP contribution in [-0.4, -0.2) is 23.8 Å². The minimum atomic E-state index is -0.695. The Morgan fingerprint density at radius 2 is 1.87 bits per heavy atom. The molecule has 0 saturated carbocycles. The van der Waals surface area contributed by atoms with Crippen molar-refractivity contribution in [1.29, 1.82) is 0 Å². The van der Waals surface area contributed by atoms with Crippen molar-refractivity contribution in [2.45, 2.75) is 6.92 Å². The molecule has 1 heterocycles. The van der Waals surface area contributed by atoms with E-state index in [1.165, 1.54) is 43.7 Å². The number of hydrogen-bond acceptors (Lipinski definition) is 6. The quantitative estimate of drug-likeness (QED) is 0.462. The molecular weight excluding hydrogens is 397 g/mol. The summed E-state index contributed by atoms with van der Waals surface area (Å²) in [5.74, 6) is -1.55. The molecule has 2 amide bonds. The first kappa shape index (κ1) is 20.5. The molecule has 0 aliphatic heterocycles. The van der Waals surface area contributed by atoms with Crippen LogP contribution in [0.15, 0.2) is 53.1 Å². The zero-order chi connectivity index (χ0) is 21.8. The molecule has 3 rings (SSSR count). The SMILES string of the molecule is COc1cc(C(=O)Nc2ccc(F)c(NC(=O)c3ccoc3C)c2)ccc1[N+](=O)[O-]. The van der Waals surface area contributed by atoms with Crippen LogP contribution in [0.5, 0.6) is 5.75 Å². The molecule has 0 unspecified atom stereocenters. The van der Waals surface area contributed by atoms with Gasteiger partial charge in [-0.3, -0.25) is 19.7 Å². The van der Waals surface area contributed by atoms with Crippen LogP contribution in [0.25, 0.3) is 0 Å². The maximum atomic E-state index is 14.1. The Kier molecular flexibility index (Phi) is 5.77. The summed E-state index contributed by atoms with van der Waals surface area (Å²) in [6, 6.07) is 8.75. The summed E-state index contributed by atoms with van der Waals surface area (Å²) in [5, 5.41) is 15.9. The van der Waals surface area contributed by atoms with Crippen LogP contribution in [0.2, 0.25) is 0 Å². The predicted octanol–water partition coefficient (Wildman–Crippen LogP) is 4.15. The largest absolute Gasteiger partial charge is 0.490 e. The third kappa shape index (κ3) is 4.27. The van der Waals surface area contributed by atoms with Gasteiger partial charge in [0, 0.05) is 23.4 Å². The number of furan rings is 1. The average Bonchev–Trinajstić information content (AvgIpc) is 3.15. The summed E-state index contributed by atoms with van der Waals surface area (Å²) in [6.45, 7) is 1.60. The number of rotatable bonds is 6. The topological polar surface area (TPSA) is 124 Å². The van der Waals surface area contributed by atoms with Crippen LogP contribution in [0.3, 0.4) is 0 Å². The zero-order valence-electron chi connectivity index (χ0n) is 15.9. The second-order valence-electron chi connectivity index (χ2n) is 6.14. The molecule has 0 bridgehead atoms. The second kappa shape index (κ2) is 8.43. The van der Waals surface area contributed by atoms with Crippen molar-refractivity contribution in [3.63, 3.8) is 0 Å². The third-order valence-electron chi connectivity index (χ3n) is 4.21. The molecule has 1 aromatic heterocycles. The highest BCUT2D eigenvalue weighted by molar-refractivity contribution is 6.07. The lowest BCUT2D eigenvalue weighted by molar-refractivity contribution is -0.385. The average molecular weight is 413 g/mol. The minimum Gasteiger partial charge on any atom is -0.490 e. The van der Waals surface area contributed by atoms with Gasteiger partial charge < -0.3 is 19.8 Å². The van der Waals surface area contributed by atoms with Crippen LogP contribution < -0.4 is 15.4 Å². The second-order valence-corrected chi connectivity index (χ2v) is 6.14. The van der Waals surface area contributed by atoms with Crippen LogP contribution in [0, 0.1) is 22.9 Å². The standard InChI is InChI=1S/C20H16FN3O6/c1-11-14(7-8-30-11)20(26)23-16-10-13(4-5-15(16)21)22-19(25)12-3-6-17(24(27)28)18(9-12)29-2/h3-10H,1-2H3,(H,22,25)(H,23,26). The number of halogens is 1. The summed E-state index contributed by atoms with van der Waals surface area (Å²) in [4.78, 5) is 35.1. The van der Waals surface area contributed by atoms with Crippen molar-refractivity contribution in [3.05, 3.63) is 81.5 Å². The van der Waals surface area contributed by atoms with Gasteiger partial charge in [0.15, 0.2) is 5.75 Å². The van der Waals surface area contributed by atoms with E-state index in [2.05, 4.69) is 10.6 Å². The fourth-order valence-electron chi connectivity index (χ4n) is 2.68. The molecule has 30 heavy (non-hydrogen) atoms. The number of aryl methyl sites for hydroxylation is 1. The zero-order valence-corrected chi connectivity index (χ0v) is 15.9. The first-order valence-electron chi connectivity index (χ1n) is 8.59. The van der Waals surface area contributed by atoms with Gasteiger partial charge in [0.05, 0.1) is 29.5 Å². The molecule has 0 spiro atoms. The fraction of sp³-hybridized carbons (Fsp3) is 0.100. The number of nitro groups is 1. The number of nitrogens with zero attached hydrogens (tertiary/aromatic N) is 1. The summed E-state index contributed by atoms with van der Waals surface area (Å²) in [7, 11) is 1.25. The molecular formula is C20H16FN3O6. The van der Waals surface area contributed by atoms with Crippen molar-refractivity contribution >= 4 is 28.9 Å². The van der Waals surface area contributed by atoms with Gasteiger partial charge in [0.1, 0.15) is 11.6 Å². The Balaban J connectivity index is 1.79. The Bertz CT molecular complexity index is 1140. The molecule has 0 aliphatic rings. The van der Waals surface area contributed by atoms with E-state index >= 15 is 0 Å². The first-order chi connectivity index (χ1) is 14.3. The van der Waals surface area contributed by atoms with Crippen molar-refractivity contribution in [1.82, 2.24) is 0 Å². The van der Waals surface area contributed by atoms with Crippen molar-refractivity contribution in [2.75, 3.05) is 17.7 Å². The van der Waals surface area contributed by atoms with Gasteiger partial charge in [-0.15, -0.1) is 0 Å². The summed E-state index contributed by atoms with van der Waals surface area (Å²) >= 11 is 0. The Morgan fingerprint density at radius 1 is 1.10 bits per heavy atom. The molecule has 2 N–H and O–H groups in total. The first-order valence-corrected chi connectivity index (χ1v) is 8.59. The molecule has 0 saturated heterocycles. The number of ether oxygens (including phenoxy) is 1. The molecule has 10 heteroatoms. The van der Waals surface area contributed by atoms with E-state index in [0.29, 0.717) is 5.76 Å². The molecule has 0 fully saturated rings. The number of methoxy groups -OCH3 is 1. The highest BCUT2D eigenvalue weighted by Crippen LogP contribution is 2.28. The van der Waals surface area contributed by atoms with Crippen molar-refractivity contribution < 1.29 is 28.1 Å². The van der Waals surface area contributed by atoms with Crippen LogP contribution in [0.4, 0.5) is 21.5 Å². The lowest BCUT2D eigenvalue weighted by Crippen LogP contribution is -2.15. The lowest BCUT2D eigenvalue weighted by Gasteiger charge is -2.10. The summed E-state index contributed by atoms with van der Waals surface area (Å²) in [6.07, 6.45) is 1.34. The van der Waals surface area contributed by atoms with E-state index in [0.717, 1.165) is 12.1 Å². The number of nitro benzene ring substituents is 1. The van der Waals surface area contributed by atoms with Gasteiger partial charge in [-0.25, -0.2) is 4.39 Å². The molecule has 0 aliphatic carbocycles. The number of amides is 2. The van der Waals surface area contributed by atoms with E-state index in [-0.39, 0.29) is 33.9 Å². The van der Waals surface area contributed by atoms with E-state index < -0.39 is 22.6 Å². The number of anilines is 2. The number of benzene rings is 2. The third-order valence-corrected chi connectivity index (χ3v) is 4.21. The number of carbonyl (C=O) groups excluding carboxylic acids is 2. The monoisotopic (exact) mass is 413 g/mol. The minimum absolute atomic E-state index is 0.0739. The summed E-state index contributed by atoms with van der Waals surface area (Å²) in [5.41, 5.74) is 0.135. The van der Waals surface area contributed by atoms with E-state index in [4.69, 9.17) is 9.15 Å². The Hall–Kier alpha value is -4.21. The Morgan fingerprint density at radius 3 is 2.50 bits per heavy atom. The number of carbonyl (C=O) groups is 2. The van der Waals surface area contributed by atoms with Gasteiger partial charge in [0.25, 0.3) is 11.8 Å². The van der Waals surface area contributed by atoms with Crippen LogP contribution in [-0.2, 0) is 0 Å². The molecule has 3 aromatic rings.